The van der Waals surface area contributed by atoms with Crippen molar-refractivity contribution in [1.82, 2.24) is 4.98 Å². The van der Waals surface area contributed by atoms with Gasteiger partial charge in [-0.05, 0) is 31.9 Å². The van der Waals surface area contributed by atoms with E-state index in [1.165, 1.54) is 0 Å². The zero-order valence-electron chi connectivity index (χ0n) is 10.7. The third-order valence-corrected chi connectivity index (χ3v) is 3.76. The van der Waals surface area contributed by atoms with E-state index in [1.54, 1.807) is 18.3 Å². The summed E-state index contributed by atoms with van der Waals surface area (Å²) in [6.45, 7) is 5.97. The second-order valence-corrected chi connectivity index (χ2v) is 5.18. The quantitative estimate of drug-likeness (QED) is 0.839. The summed E-state index contributed by atoms with van der Waals surface area (Å²) in [4.78, 5) is 16.1. The van der Waals surface area contributed by atoms with Gasteiger partial charge >= 0.3 is 0 Å². The number of halogens is 1. The zero-order valence-corrected chi connectivity index (χ0v) is 11.4. The van der Waals surface area contributed by atoms with Gasteiger partial charge < -0.3 is 10.1 Å². The molecule has 0 spiro atoms. The normalized spacial score (nSPS) is 31.3. The lowest BCUT2D eigenvalue weighted by atomic mass is 9.89. The van der Waals surface area contributed by atoms with Gasteiger partial charge in [0.1, 0.15) is 5.15 Å². The first kappa shape index (κ1) is 13.3. The summed E-state index contributed by atoms with van der Waals surface area (Å²) in [6.07, 6.45) is 1.60. The van der Waals surface area contributed by atoms with Crippen LogP contribution in [-0.4, -0.2) is 23.1 Å². The number of carbonyl (C=O) groups excluding carboxylic acids is 1. The highest BCUT2D eigenvalue weighted by atomic mass is 35.5. The third kappa shape index (κ3) is 2.65. The first-order valence-corrected chi connectivity index (χ1v) is 6.44. The highest BCUT2D eigenvalue weighted by Crippen LogP contribution is 2.32. The summed E-state index contributed by atoms with van der Waals surface area (Å²) in [5.74, 6) is 0.0550. The van der Waals surface area contributed by atoms with Crippen LogP contribution < -0.4 is 5.32 Å². The van der Waals surface area contributed by atoms with Gasteiger partial charge in [-0.3, -0.25) is 4.79 Å². The van der Waals surface area contributed by atoms with E-state index in [0.717, 1.165) is 0 Å². The van der Waals surface area contributed by atoms with Crippen molar-refractivity contribution in [2.24, 2.45) is 11.8 Å². The molecule has 0 aliphatic carbocycles. The Labute approximate surface area is 112 Å². The Morgan fingerprint density at radius 3 is 2.56 bits per heavy atom. The molecular formula is C13H17ClN2O2. The number of ether oxygens (including phenoxy) is 1. The van der Waals surface area contributed by atoms with E-state index in [0.29, 0.717) is 10.8 Å². The van der Waals surface area contributed by atoms with E-state index in [-0.39, 0.29) is 30.0 Å². The molecule has 0 aromatic carbocycles. The molecule has 0 bridgehead atoms. The second-order valence-electron chi connectivity index (χ2n) is 4.79. The predicted molar refractivity (Wildman–Crippen MR) is 70.5 cm³/mol. The molecule has 4 atom stereocenters. The summed E-state index contributed by atoms with van der Waals surface area (Å²) >= 11 is 5.70. The lowest BCUT2D eigenvalue weighted by molar-refractivity contribution is -0.121. The first-order chi connectivity index (χ1) is 8.49. The number of hydrogen-bond donors (Lipinski definition) is 1. The molecule has 1 aliphatic heterocycles. The fourth-order valence-electron chi connectivity index (χ4n) is 2.39. The van der Waals surface area contributed by atoms with Gasteiger partial charge in [-0.1, -0.05) is 18.5 Å². The van der Waals surface area contributed by atoms with E-state index in [2.05, 4.69) is 10.3 Å². The molecule has 1 aromatic heterocycles. The summed E-state index contributed by atoms with van der Waals surface area (Å²) in [7, 11) is 0. The van der Waals surface area contributed by atoms with Crippen molar-refractivity contribution in [3.8, 4) is 0 Å². The topological polar surface area (TPSA) is 51.2 Å². The Kier molecular flexibility index (Phi) is 3.88. The van der Waals surface area contributed by atoms with Crippen molar-refractivity contribution in [1.29, 1.82) is 0 Å². The van der Waals surface area contributed by atoms with Crippen molar-refractivity contribution in [3.05, 3.63) is 23.5 Å². The Balaban J connectivity index is 2.06. The summed E-state index contributed by atoms with van der Waals surface area (Å²) in [6, 6.07) is 3.39. The number of carbonyl (C=O) groups is 1. The SMILES string of the molecule is CC1OC(C)C(C(=O)Nc2ccc(Cl)nc2)C1C. The molecule has 1 aliphatic rings. The van der Waals surface area contributed by atoms with E-state index >= 15 is 0 Å². The molecule has 1 saturated heterocycles. The van der Waals surface area contributed by atoms with Crippen molar-refractivity contribution >= 4 is 23.2 Å². The summed E-state index contributed by atoms with van der Waals surface area (Å²) in [5, 5.41) is 3.26. The molecule has 1 aromatic rings. The van der Waals surface area contributed by atoms with Crippen molar-refractivity contribution in [3.63, 3.8) is 0 Å². The van der Waals surface area contributed by atoms with Gasteiger partial charge in [0, 0.05) is 0 Å². The maximum atomic E-state index is 12.2. The Hall–Kier alpha value is -1.13. The number of hydrogen-bond acceptors (Lipinski definition) is 3. The van der Waals surface area contributed by atoms with Crippen LogP contribution in [-0.2, 0) is 9.53 Å². The van der Waals surface area contributed by atoms with Gasteiger partial charge in [-0.2, -0.15) is 0 Å². The van der Waals surface area contributed by atoms with Crippen LogP contribution in [0.3, 0.4) is 0 Å². The molecule has 18 heavy (non-hydrogen) atoms. The summed E-state index contributed by atoms with van der Waals surface area (Å²) in [5.41, 5.74) is 0.656. The van der Waals surface area contributed by atoms with Crippen LogP contribution >= 0.6 is 11.6 Å². The lowest BCUT2D eigenvalue weighted by Gasteiger charge is -2.17. The average Bonchev–Trinajstić information content (AvgIpc) is 2.56. The minimum atomic E-state index is -0.129. The van der Waals surface area contributed by atoms with Crippen LogP contribution in [0.2, 0.25) is 5.15 Å². The highest BCUT2D eigenvalue weighted by Gasteiger charge is 2.41. The van der Waals surface area contributed by atoms with E-state index in [1.807, 2.05) is 20.8 Å². The fraction of sp³-hybridized carbons (Fsp3) is 0.538. The minimum absolute atomic E-state index is 0.0246. The van der Waals surface area contributed by atoms with Gasteiger partial charge in [0.25, 0.3) is 0 Å². The molecule has 2 rings (SSSR count). The van der Waals surface area contributed by atoms with E-state index in [9.17, 15) is 4.79 Å². The van der Waals surface area contributed by atoms with Gasteiger partial charge in [-0.15, -0.1) is 0 Å². The molecule has 2 heterocycles. The Morgan fingerprint density at radius 2 is 2.06 bits per heavy atom. The maximum absolute atomic E-state index is 12.2. The number of anilines is 1. The predicted octanol–water partition coefficient (Wildman–Crippen LogP) is 2.73. The standard InChI is InChI=1S/C13H17ClN2O2/c1-7-8(2)18-9(3)12(7)13(17)16-10-4-5-11(14)15-6-10/h4-9,12H,1-3H3,(H,16,17). The molecule has 5 heteroatoms. The van der Waals surface area contributed by atoms with E-state index in [4.69, 9.17) is 16.3 Å². The van der Waals surface area contributed by atoms with Crippen molar-refractivity contribution in [2.45, 2.75) is 33.0 Å². The van der Waals surface area contributed by atoms with Gasteiger partial charge in [0.15, 0.2) is 0 Å². The Bertz CT molecular complexity index is 435. The molecule has 98 valence electrons. The fourth-order valence-corrected chi connectivity index (χ4v) is 2.51. The number of aromatic nitrogens is 1. The van der Waals surface area contributed by atoms with Crippen LogP contribution in [0.5, 0.6) is 0 Å². The van der Waals surface area contributed by atoms with Crippen LogP contribution in [0.4, 0.5) is 5.69 Å². The van der Waals surface area contributed by atoms with Gasteiger partial charge in [-0.25, -0.2) is 4.98 Å². The first-order valence-electron chi connectivity index (χ1n) is 6.07. The zero-order chi connectivity index (χ0) is 13.3. The molecule has 4 nitrogen and oxygen atoms in total. The Morgan fingerprint density at radius 1 is 1.33 bits per heavy atom. The molecule has 0 saturated carbocycles. The minimum Gasteiger partial charge on any atom is -0.374 e. The van der Waals surface area contributed by atoms with Crippen LogP contribution in [0.15, 0.2) is 18.3 Å². The maximum Gasteiger partial charge on any atom is 0.230 e. The number of amides is 1. The molecule has 1 fully saturated rings. The second kappa shape index (κ2) is 5.24. The van der Waals surface area contributed by atoms with Gasteiger partial charge in [0.2, 0.25) is 5.91 Å². The summed E-state index contributed by atoms with van der Waals surface area (Å²) < 4.78 is 5.67. The van der Waals surface area contributed by atoms with Crippen LogP contribution in [0, 0.1) is 11.8 Å². The number of rotatable bonds is 2. The molecule has 1 N–H and O–H groups in total. The van der Waals surface area contributed by atoms with E-state index < -0.39 is 0 Å². The van der Waals surface area contributed by atoms with Gasteiger partial charge in [0.05, 0.1) is 30.0 Å². The average molecular weight is 269 g/mol. The van der Waals surface area contributed by atoms with Crippen LogP contribution in [0.25, 0.3) is 0 Å². The van der Waals surface area contributed by atoms with Crippen LogP contribution in [0.1, 0.15) is 20.8 Å². The molecule has 4 unspecified atom stereocenters. The lowest BCUT2D eigenvalue weighted by Crippen LogP contribution is -2.32. The highest BCUT2D eigenvalue weighted by molar-refractivity contribution is 6.29. The third-order valence-electron chi connectivity index (χ3n) is 3.54. The van der Waals surface area contributed by atoms with Crippen molar-refractivity contribution < 1.29 is 9.53 Å². The molecule has 1 amide bonds. The molecular weight excluding hydrogens is 252 g/mol. The monoisotopic (exact) mass is 268 g/mol. The molecule has 0 radical (unpaired) electrons. The number of nitrogens with zero attached hydrogens (tertiary/aromatic N) is 1. The van der Waals surface area contributed by atoms with Crippen molar-refractivity contribution in [2.75, 3.05) is 5.32 Å². The number of nitrogens with one attached hydrogen (secondary N) is 1. The smallest absolute Gasteiger partial charge is 0.230 e. The largest absolute Gasteiger partial charge is 0.374 e. The number of pyridine rings is 1.